The van der Waals surface area contributed by atoms with E-state index in [-0.39, 0.29) is 5.91 Å². The molecule has 0 bridgehead atoms. The Labute approximate surface area is 191 Å². The van der Waals surface area contributed by atoms with Gasteiger partial charge in [0.15, 0.2) is 15.9 Å². The van der Waals surface area contributed by atoms with Gasteiger partial charge < -0.3 is 0 Å². The van der Waals surface area contributed by atoms with Gasteiger partial charge in [-0.1, -0.05) is 54.0 Å². The maximum Gasteiger partial charge on any atom is 0.230 e. The van der Waals surface area contributed by atoms with Gasteiger partial charge in [-0.15, -0.1) is 21.5 Å². The van der Waals surface area contributed by atoms with Crippen molar-refractivity contribution in [1.29, 1.82) is 0 Å². The first-order valence-corrected chi connectivity index (χ1v) is 11.7. The van der Waals surface area contributed by atoms with Crippen molar-refractivity contribution in [3.8, 4) is 0 Å². The largest absolute Gasteiger partial charge is 0.275 e. The summed E-state index contributed by atoms with van der Waals surface area (Å²) in [7, 11) is 0. The number of halogens is 2. The molecule has 4 rings (SSSR count). The number of fused-ring (bicyclic) bond motifs is 1. The Morgan fingerprint density at radius 3 is 2.70 bits per heavy atom. The van der Waals surface area contributed by atoms with Crippen molar-refractivity contribution < 1.29 is 4.79 Å². The number of nitrogens with zero attached hydrogens (tertiary/aromatic N) is 5. The van der Waals surface area contributed by atoms with E-state index in [1.54, 1.807) is 28.5 Å². The van der Waals surface area contributed by atoms with E-state index >= 15 is 0 Å². The fourth-order valence-corrected chi connectivity index (χ4v) is 5.22. The van der Waals surface area contributed by atoms with E-state index < -0.39 is 0 Å². The molecule has 154 valence electrons. The first-order valence-electron chi connectivity index (χ1n) is 9.13. The Bertz CT molecular complexity index is 1210. The van der Waals surface area contributed by atoms with Crippen molar-refractivity contribution in [2.24, 2.45) is 0 Å². The zero-order valence-electron chi connectivity index (χ0n) is 16.2. The lowest BCUT2D eigenvalue weighted by Crippen LogP contribution is -2.22. The normalized spacial score (nSPS) is 11.2. The second-order valence-corrected chi connectivity index (χ2v) is 9.09. The molecule has 0 spiro atoms. The van der Waals surface area contributed by atoms with Crippen LogP contribution in [0.25, 0.3) is 5.65 Å². The number of hydrogen-bond acceptors (Lipinski definition) is 6. The summed E-state index contributed by atoms with van der Waals surface area (Å²) in [5, 5.41) is 12.5. The molecule has 6 nitrogen and oxygen atoms in total. The lowest BCUT2D eigenvalue weighted by Gasteiger charge is -2.18. The maximum atomic E-state index is 12.3. The van der Waals surface area contributed by atoms with E-state index in [0.29, 0.717) is 31.7 Å². The van der Waals surface area contributed by atoms with Gasteiger partial charge in [-0.25, -0.2) is 4.98 Å². The number of benzene rings is 1. The number of thiazole rings is 1. The van der Waals surface area contributed by atoms with Gasteiger partial charge in [0.05, 0.1) is 21.4 Å². The molecule has 0 fully saturated rings. The van der Waals surface area contributed by atoms with Crippen molar-refractivity contribution in [2.75, 3.05) is 4.90 Å². The molecule has 0 saturated heterocycles. The first-order chi connectivity index (χ1) is 14.5. The third kappa shape index (κ3) is 4.32. The Morgan fingerprint density at radius 1 is 1.23 bits per heavy atom. The molecule has 0 atom stereocenters. The molecule has 0 aliphatic carbocycles. The number of carbonyl (C=O) groups is 1. The summed E-state index contributed by atoms with van der Waals surface area (Å²) in [6, 6.07) is 9.60. The predicted octanol–water partition coefficient (Wildman–Crippen LogP) is 6.03. The zero-order chi connectivity index (χ0) is 21.3. The van der Waals surface area contributed by atoms with Crippen LogP contribution in [-0.4, -0.2) is 25.5 Å². The van der Waals surface area contributed by atoms with Crippen LogP contribution in [0.4, 0.5) is 10.8 Å². The number of hydrogen-bond donors (Lipinski definition) is 0. The van der Waals surface area contributed by atoms with Gasteiger partial charge in [0, 0.05) is 24.3 Å². The summed E-state index contributed by atoms with van der Waals surface area (Å²) in [5.74, 6) is 0.489. The standard InChI is InChI=1S/C20H17Cl2N5OS2/c1-3-13-4-6-16(7-5-13)27(12(2)28)19-23-15(10-29-19)11-30-20-25-24-18-17(22)8-14(21)9-26(18)20/h4-10H,3,11H2,1-2H3. The first kappa shape index (κ1) is 21.1. The monoisotopic (exact) mass is 477 g/mol. The fraction of sp³-hybridized carbons (Fsp3) is 0.200. The van der Waals surface area contributed by atoms with Crippen molar-refractivity contribution >= 4 is 68.7 Å². The van der Waals surface area contributed by atoms with Gasteiger partial charge in [-0.2, -0.15) is 0 Å². The molecule has 0 saturated carbocycles. The lowest BCUT2D eigenvalue weighted by molar-refractivity contribution is -0.115. The van der Waals surface area contributed by atoms with Crippen molar-refractivity contribution in [1.82, 2.24) is 19.6 Å². The summed E-state index contributed by atoms with van der Waals surface area (Å²) in [6.07, 6.45) is 2.68. The molecule has 0 unspecified atom stereocenters. The summed E-state index contributed by atoms with van der Waals surface area (Å²) < 4.78 is 1.76. The minimum Gasteiger partial charge on any atom is -0.275 e. The summed E-state index contributed by atoms with van der Waals surface area (Å²) >= 11 is 15.2. The van der Waals surface area contributed by atoms with Crippen LogP contribution in [0.15, 0.2) is 47.1 Å². The summed E-state index contributed by atoms with van der Waals surface area (Å²) in [6.45, 7) is 3.64. The molecular formula is C20H17Cl2N5OS2. The molecule has 1 aromatic carbocycles. The van der Waals surface area contributed by atoms with E-state index in [1.165, 1.54) is 28.7 Å². The van der Waals surface area contributed by atoms with E-state index in [9.17, 15) is 4.79 Å². The van der Waals surface area contributed by atoms with Crippen LogP contribution < -0.4 is 4.90 Å². The number of aryl methyl sites for hydroxylation is 1. The van der Waals surface area contributed by atoms with E-state index in [4.69, 9.17) is 23.2 Å². The smallest absolute Gasteiger partial charge is 0.230 e. The molecule has 1 amide bonds. The number of pyridine rings is 1. The fourth-order valence-electron chi connectivity index (χ4n) is 2.91. The highest BCUT2D eigenvalue weighted by Crippen LogP contribution is 2.32. The Balaban J connectivity index is 1.54. The predicted molar refractivity (Wildman–Crippen MR) is 123 cm³/mol. The van der Waals surface area contributed by atoms with E-state index in [0.717, 1.165) is 17.8 Å². The molecule has 0 N–H and O–H groups in total. The zero-order valence-corrected chi connectivity index (χ0v) is 19.3. The number of thioether (sulfide) groups is 1. The number of rotatable bonds is 6. The van der Waals surface area contributed by atoms with Crippen molar-refractivity contribution in [2.45, 2.75) is 31.2 Å². The molecule has 3 heterocycles. The van der Waals surface area contributed by atoms with Crippen LogP contribution in [0.5, 0.6) is 0 Å². The second-order valence-electron chi connectivity index (χ2n) is 6.47. The topological polar surface area (TPSA) is 63.4 Å². The van der Waals surface area contributed by atoms with Gasteiger partial charge >= 0.3 is 0 Å². The third-order valence-electron chi connectivity index (χ3n) is 4.39. The van der Waals surface area contributed by atoms with Crippen molar-refractivity contribution in [3.63, 3.8) is 0 Å². The Morgan fingerprint density at radius 2 is 2.00 bits per heavy atom. The van der Waals surface area contributed by atoms with Crippen LogP contribution in [-0.2, 0) is 17.0 Å². The number of carbonyl (C=O) groups excluding carboxylic acids is 1. The maximum absolute atomic E-state index is 12.3. The molecule has 10 heteroatoms. The number of amides is 1. The van der Waals surface area contributed by atoms with Crippen LogP contribution in [0, 0.1) is 0 Å². The molecular weight excluding hydrogens is 461 g/mol. The molecule has 4 aromatic rings. The lowest BCUT2D eigenvalue weighted by atomic mass is 10.1. The molecule has 30 heavy (non-hydrogen) atoms. The summed E-state index contributed by atoms with van der Waals surface area (Å²) in [5.41, 5.74) is 3.43. The summed E-state index contributed by atoms with van der Waals surface area (Å²) in [4.78, 5) is 18.6. The third-order valence-corrected chi connectivity index (χ3v) is 6.73. The van der Waals surface area contributed by atoms with Gasteiger partial charge in [0.1, 0.15) is 0 Å². The minimum absolute atomic E-state index is 0.0828. The van der Waals surface area contributed by atoms with E-state index in [2.05, 4.69) is 22.1 Å². The molecule has 0 radical (unpaired) electrons. The van der Waals surface area contributed by atoms with Crippen molar-refractivity contribution in [3.05, 3.63) is 63.2 Å². The van der Waals surface area contributed by atoms with Gasteiger partial charge in [0.25, 0.3) is 0 Å². The van der Waals surface area contributed by atoms with E-state index in [1.807, 2.05) is 29.6 Å². The highest BCUT2D eigenvalue weighted by Gasteiger charge is 2.18. The van der Waals surface area contributed by atoms with Crippen LogP contribution >= 0.6 is 46.3 Å². The number of anilines is 2. The molecule has 0 aliphatic rings. The quantitative estimate of drug-likeness (QED) is 0.317. The second kappa shape index (κ2) is 8.93. The molecule has 0 aliphatic heterocycles. The highest BCUT2D eigenvalue weighted by molar-refractivity contribution is 7.98. The highest BCUT2D eigenvalue weighted by atomic mass is 35.5. The Kier molecular flexibility index (Phi) is 6.29. The minimum atomic E-state index is -0.0828. The van der Waals surface area contributed by atoms with Crippen LogP contribution in [0.1, 0.15) is 25.1 Å². The van der Waals surface area contributed by atoms with Crippen LogP contribution in [0.3, 0.4) is 0 Å². The van der Waals surface area contributed by atoms with Gasteiger partial charge in [-0.05, 0) is 30.2 Å². The SMILES string of the molecule is CCc1ccc(N(C(C)=O)c2nc(CSc3nnc4c(Cl)cc(Cl)cn34)cs2)cc1. The van der Waals surface area contributed by atoms with Crippen LogP contribution in [0.2, 0.25) is 10.0 Å². The average molecular weight is 478 g/mol. The average Bonchev–Trinajstić information content (AvgIpc) is 3.34. The van der Waals surface area contributed by atoms with Gasteiger partial charge in [0.2, 0.25) is 5.91 Å². The van der Waals surface area contributed by atoms with Gasteiger partial charge in [-0.3, -0.25) is 14.1 Å². The number of aromatic nitrogens is 4. The molecule has 3 aromatic heterocycles. The Hall–Kier alpha value is -2.13.